The summed E-state index contributed by atoms with van der Waals surface area (Å²) in [6.45, 7) is 8.92. The number of hydrogen-bond acceptors (Lipinski definition) is 0. The molecule has 1 aromatic rings. The lowest BCUT2D eigenvalue weighted by Gasteiger charge is -2.22. The van der Waals surface area contributed by atoms with Gasteiger partial charge >= 0.3 is 0 Å². The summed E-state index contributed by atoms with van der Waals surface area (Å²) in [6.07, 6.45) is 0. The Morgan fingerprint density at radius 3 is 1.93 bits per heavy atom. The van der Waals surface area contributed by atoms with E-state index in [1.54, 1.807) is 0 Å². The van der Waals surface area contributed by atoms with Gasteiger partial charge in [-0.1, -0.05) is 66.5 Å². The fourth-order valence-corrected chi connectivity index (χ4v) is 1.94. The molecule has 0 heterocycles. The highest BCUT2D eigenvalue weighted by atomic mass is 79.9. The molecule has 0 aliphatic carbocycles. The number of rotatable bonds is 3. The van der Waals surface area contributed by atoms with Crippen molar-refractivity contribution in [2.75, 3.05) is 0 Å². The Labute approximate surface area is 95.9 Å². The lowest BCUT2D eigenvalue weighted by Crippen LogP contribution is -2.15. The molecule has 0 saturated carbocycles. The van der Waals surface area contributed by atoms with Crippen LogP contribution in [0, 0.1) is 12.8 Å². The zero-order valence-electron chi connectivity index (χ0n) is 9.42. The Morgan fingerprint density at radius 2 is 1.50 bits per heavy atom. The standard InChI is InChI=1S/C13H19Br/c1-9(2)13(14)11(4)12-7-5-10(3)6-8-12/h5-9,11,13H,1-4H3. The van der Waals surface area contributed by atoms with Crippen LogP contribution in [0.3, 0.4) is 0 Å². The monoisotopic (exact) mass is 254 g/mol. The maximum Gasteiger partial charge on any atom is 0.0234 e. The van der Waals surface area contributed by atoms with Gasteiger partial charge in [-0.25, -0.2) is 0 Å². The zero-order valence-corrected chi connectivity index (χ0v) is 11.0. The van der Waals surface area contributed by atoms with Crippen LogP contribution < -0.4 is 0 Å². The van der Waals surface area contributed by atoms with Gasteiger partial charge in [0.1, 0.15) is 0 Å². The Morgan fingerprint density at radius 1 is 1.00 bits per heavy atom. The van der Waals surface area contributed by atoms with Gasteiger partial charge in [0.2, 0.25) is 0 Å². The normalized spacial score (nSPS) is 15.6. The molecule has 1 aromatic carbocycles. The minimum absolute atomic E-state index is 0.560. The Bertz CT molecular complexity index is 274. The topological polar surface area (TPSA) is 0 Å². The molecule has 14 heavy (non-hydrogen) atoms. The summed E-state index contributed by atoms with van der Waals surface area (Å²) in [4.78, 5) is 0.560. The predicted octanol–water partition coefficient (Wildman–Crippen LogP) is 4.52. The lowest BCUT2D eigenvalue weighted by molar-refractivity contribution is 0.550. The van der Waals surface area contributed by atoms with Gasteiger partial charge in [0.25, 0.3) is 0 Å². The van der Waals surface area contributed by atoms with Crippen molar-refractivity contribution in [1.82, 2.24) is 0 Å². The van der Waals surface area contributed by atoms with Gasteiger partial charge < -0.3 is 0 Å². The molecule has 1 rings (SSSR count). The van der Waals surface area contributed by atoms with Crippen LogP contribution in [0.2, 0.25) is 0 Å². The molecular weight excluding hydrogens is 236 g/mol. The van der Waals surface area contributed by atoms with Crippen molar-refractivity contribution in [3.05, 3.63) is 35.4 Å². The first-order valence-corrected chi connectivity index (χ1v) is 6.14. The van der Waals surface area contributed by atoms with Crippen molar-refractivity contribution in [2.45, 2.75) is 38.4 Å². The summed E-state index contributed by atoms with van der Waals surface area (Å²) in [5.41, 5.74) is 2.75. The SMILES string of the molecule is Cc1ccc(C(C)C(Br)C(C)C)cc1. The molecule has 0 bridgehead atoms. The van der Waals surface area contributed by atoms with Crippen LogP contribution in [-0.2, 0) is 0 Å². The maximum absolute atomic E-state index is 3.76. The smallest absolute Gasteiger partial charge is 0.0234 e. The van der Waals surface area contributed by atoms with Crippen molar-refractivity contribution < 1.29 is 0 Å². The molecule has 0 spiro atoms. The summed E-state index contributed by atoms with van der Waals surface area (Å²) in [5.74, 6) is 1.25. The third kappa shape index (κ3) is 2.84. The molecule has 0 saturated heterocycles. The van der Waals surface area contributed by atoms with Crippen molar-refractivity contribution in [3.63, 3.8) is 0 Å². The average molecular weight is 255 g/mol. The van der Waals surface area contributed by atoms with E-state index < -0.39 is 0 Å². The quantitative estimate of drug-likeness (QED) is 0.697. The maximum atomic E-state index is 3.76. The molecular formula is C13H19Br. The first-order chi connectivity index (χ1) is 6.52. The number of alkyl halides is 1. The van der Waals surface area contributed by atoms with E-state index >= 15 is 0 Å². The summed E-state index contributed by atoms with van der Waals surface area (Å²) in [5, 5.41) is 0. The van der Waals surface area contributed by atoms with E-state index in [4.69, 9.17) is 0 Å². The second-order valence-corrected chi connectivity index (χ2v) is 5.45. The third-order valence-electron chi connectivity index (χ3n) is 2.72. The van der Waals surface area contributed by atoms with Crippen molar-refractivity contribution >= 4 is 15.9 Å². The predicted molar refractivity (Wildman–Crippen MR) is 67.1 cm³/mol. The van der Waals surface area contributed by atoms with Crippen LogP contribution in [-0.4, -0.2) is 4.83 Å². The average Bonchev–Trinajstić information content (AvgIpc) is 2.16. The van der Waals surface area contributed by atoms with Crippen LogP contribution in [0.5, 0.6) is 0 Å². The number of hydrogen-bond donors (Lipinski definition) is 0. The molecule has 0 aliphatic rings. The van der Waals surface area contributed by atoms with Crippen molar-refractivity contribution in [3.8, 4) is 0 Å². The minimum atomic E-state index is 0.560. The summed E-state index contributed by atoms with van der Waals surface area (Å²) >= 11 is 3.76. The second-order valence-electron chi connectivity index (χ2n) is 4.39. The fourth-order valence-electron chi connectivity index (χ4n) is 1.63. The number of aryl methyl sites for hydroxylation is 1. The molecule has 0 nitrogen and oxygen atoms in total. The molecule has 0 N–H and O–H groups in total. The van der Waals surface area contributed by atoms with Crippen molar-refractivity contribution in [1.29, 1.82) is 0 Å². The molecule has 0 radical (unpaired) electrons. The molecule has 0 aromatic heterocycles. The van der Waals surface area contributed by atoms with E-state index in [-0.39, 0.29) is 0 Å². The van der Waals surface area contributed by atoms with Gasteiger partial charge in [0.15, 0.2) is 0 Å². The van der Waals surface area contributed by atoms with Gasteiger partial charge in [0, 0.05) is 4.83 Å². The highest BCUT2D eigenvalue weighted by Crippen LogP contribution is 2.29. The third-order valence-corrected chi connectivity index (χ3v) is 4.57. The zero-order chi connectivity index (χ0) is 10.7. The van der Waals surface area contributed by atoms with Gasteiger partial charge in [-0.15, -0.1) is 0 Å². The molecule has 2 unspecified atom stereocenters. The molecule has 78 valence electrons. The molecule has 0 aliphatic heterocycles. The highest BCUT2D eigenvalue weighted by Gasteiger charge is 2.18. The van der Waals surface area contributed by atoms with E-state index in [2.05, 4.69) is 67.9 Å². The lowest BCUT2D eigenvalue weighted by atomic mass is 9.91. The molecule has 0 amide bonds. The van der Waals surface area contributed by atoms with E-state index in [1.165, 1.54) is 11.1 Å². The first kappa shape index (κ1) is 11.8. The Kier molecular flexibility index (Phi) is 4.18. The van der Waals surface area contributed by atoms with Crippen molar-refractivity contribution in [2.24, 2.45) is 5.92 Å². The second kappa shape index (κ2) is 4.97. The van der Waals surface area contributed by atoms with Gasteiger partial charge in [-0.3, -0.25) is 0 Å². The number of halogens is 1. The van der Waals surface area contributed by atoms with Crippen LogP contribution >= 0.6 is 15.9 Å². The van der Waals surface area contributed by atoms with E-state index in [9.17, 15) is 0 Å². The van der Waals surface area contributed by atoms with E-state index in [1.807, 2.05) is 0 Å². The van der Waals surface area contributed by atoms with Crippen LogP contribution in [0.1, 0.15) is 37.8 Å². The summed E-state index contributed by atoms with van der Waals surface area (Å²) < 4.78 is 0. The summed E-state index contributed by atoms with van der Waals surface area (Å²) in [6, 6.07) is 8.84. The van der Waals surface area contributed by atoms with E-state index in [0.29, 0.717) is 16.7 Å². The fraction of sp³-hybridized carbons (Fsp3) is 0.538. The first-order valence-electron chi connectivity index (χ1n) is 5.23. The largest absolute Gasteiger partial charge is 0.0881 e. The molecule has 2 atom stereocenters. The van der Waals surface area contributed by atoms with Gasteiger partial charge in [-0.2, -0.15) is 0 Å². The van der Waals surface area contributed by atoms with E-state index in [0.717, 1.165) is 0 Å². The Balaban J connectivity index is 2.78. The van der Waals surface area contributed by atoms with Crippen LogP contribution in [0.4, 0.5) is 0 Å². The van der Waals surface area contributed by atoms with Gasteiger partial charge in [-0.05, 0) is 24.3 Å². The molecule has 1 heteroatoms. The van der Waals surface area contributed by atoms with Crippen LogP contribution in [0.25, 0.3) is 0 Å². The minimum Gasteiger partial charge on any atom is -0.0881 e. The van der Waals surface area contributed by atoms with Crippen LogP contribution in [0.15, 0.2) is 24.3 Å². The number of benzene rings is 1. The molecule has 0 fully saturated rings. The summed E-state index contributed by atoms with van der Waals surface area (Å²) in [7, 11) is 0. The highest BCUT2D eigenvalue weighted by molar-refractivity contribution is 9.09. The van der Waals surface area contributed by atoms with Gasteiger partial charge in [0.05, 0.1) is 0 Å². The Hall–Kier alpha value is -0.300.